The van der Waals surface area contributed by atoms with Crippen molar-refractivity contribution in [1.29, 1.82) is 0 Å². The molecule has 1 aromatic rings. The number of aromatic carboxylic acids is 1. The lowest BCUT2D eigenvalue weighted by molar-refractivity contribution is 0.0683. The second-order valence-corrected chi connectivity index (χ2v) is 2.91. The standard InChI is InChI=1S/C7H7NO4/c9-6(10)4-3-5(12-8-4)7(11)1-2-7/h3,11H,1-2H2,(H,9,10). The van der Waals surface area contributed by atoms with E-state index < -0.39 is 11.6 Å². The summed E-state index contributed by atoms with van der Waals surface area (Å²) in [6.45, 7) is 0. The average Bonchev–Trinajstić information content (AvgIpc) is 2.61. The molecule has 64 valence electrons. The number of hydrogen-bond acceptors (Lipinski definition) is 4. The number of rotatable bonds is 2. The fourth-order valence-corrected chi connectivity index (χ4v) is 0.960. The van der Waals surface area contributed by atoms with Gasteiger partial charge >= 0.3 is 5.97 Å². The largest absolute Gasteiger partial charge is 0.476 e. The molecule has 5 heteroatoms. The van der Waals surface area contributed by atoms with Gasteiger partial charge in [-0.15, -0.1) is 0 Å². The molecule has 1 aliphatic rings. The van der Waals surface area contributed by atoms with Crippen LogP contribution in [0.5, 0.6) is 0 Å². The van der Waals surface area contributed by atoms with E-state index in [2.05, 4.69) is 9.68 Å². The third kappa shape index (κ3) is 0.984. The van der Waals surface area contributed by atoms with Crippen molar-refractivity contribution in [2.45, 2.75) is 18.4 Å². The van der Waals surface area contributed by atoms with Gasteiger partial charge in [0.05, 0.1) is 0 Å². The predicted octanol–water partition coefficient (Wildman–Crippen LogP) is 0.354. The van der Waals surface area contributed by atoms with Crippen LogP contribution in [0, 0.1) is 0 Å². The minimum atomic E-state index is -1.14. The molecule has 0 unspecified atom stereocenters. The molecule has 0 radical (unpaired) electrons. The van der Waals surface area contributed by atoms with Crippen molar-refractivity contribution in [3.63, 3.8) is 0 Å². The summed E-state index contributed by atoms with van der Waals surface area (Å²) in [5, 5.41) is 21.2. The smallest absolute Gasteiger partial charge is 0.358 e. The summed E-state index contributed by atoms with van der Waals surface area (Å²) < 4.78 is 4.67. The topological polar surface area (TPSA) is 83.6 Å². The van der Waals surface area contributed by atoms with Crippen molar-refractivity contribution in [3.8, 4) is 0 Å². The molecule has 2 N–H and O–H groups in total. The maximum atomic E-state index is 10.4. The van der Waals surface area contributed by atoms with E-state index in [4.69, 9.17) is 5.11 Å². The molecule has 0 atom stereocenters. The molecule has 1 fully saturated rings. The molecule has 12 heavy (non-hydrogen) atoms. The first-order valence-electron chi connectivity index (χ1n) is 3.55. The number of carboxylic acids is 1. The Hall–Kier alpha value is -1.36. The molecule has 0 aromatic carbocycles. The van der Waals surface area contributed by atoms with E-state index in [1.807, 2.05) is 0 Å². The van der Waals surface area contributed by atoms with Gasteiger partial charge in [-0.1, -0.05) is 5.16 Å². The first kappa shape index (κ1) is 7.30. The summed E-state index contributed by atoms with van der Waals surface area (Å²) in [6, 6.07) is 1.26. The Kier molecular flexibility index (Phi) is 1.26. The molecular formula is C7H7NO4. The number of hydrogen-bond donors (Lipinski definition) is 2. The van der Waals surface area contributed by atoms with Gasteiger partial charge in [0, 0.05) is 6.07 Å². The fraction of sp³-hybridized carbons (Fsp3) is 0.429. The Morgan fingerprint density at radius 2 is 2.33 bits per heavy atom. The molecule has 1 heterocycles. The molecule has 0 amide bonds. The zero-order valence-electron chi connectivity index (χ0n) is 6.15. The molecule has 0 bridgehead atoms. The zero-order valence-corrected chi connectivity index (χ0v) is 6.15. The van der Waals surface area contributed by atoms with E-state index in [1.165, 1.54) is 6.07 Å². The van der Waals surface area contributed by atoms with Crippen molar-refractivity contribution in [1.82, 2.24) is 5.16 Å². The summed E-state index contributed by atoms with van der Waals surface area (Å²) in [4.78, 5) is 10.4. The predicted molar refractivity (Wildman–Crippen MR) is 36.6 cm³/mol. The molecule has 1 aromatic heterocycles. The molecule has 1 aliphatic carbocycles. The Balaban J connectivity index is 2.30. The molecule has 1 saturated carbocycles. The van der Waals surface area contributed by atoms with Crippen LogP contribution in [0.1, 0.15) is 29.1 Å². The van der Waals surface area contributed by atoms with E-state index in [9.17, 15) is 9.90 Å². The highest BCUT2D eigenvalue weighted by Crippen LogP contribution is 2.45. The van der Waals surface area contributed by atoms with Crippen LogP contribution in [-0.4, -0.2) is 21.3 Å². The van der Waals surface area contributed by atoms with Crippen LogP contribution in [0.2, 0.25) is 0 Å². The monoisotopic (exact) mass is 169 g/mol. The number of aliphatic hydroxyl groups is 1. The van der Waals surface area contributed by atoms with Gasteiger partial charge in [0.15, 0.2) is 11.5 Å². The lowest BCUT2D eigenvalue weighted by atomic mass is 10.2. The van der Waals surface area contributed by atoms with Crippen LogP contribution in [-0.2, 0) is 5.60 Å². The first-order valence-corrected chi connectivity index (χ1v) is 3.55. The lowest BCUT2D eigenvalue weighted by Crippen LogP contribution is -2.01. The van der Waals surface area contributed by atoms with E-state index in [-0.39, 0.29) is 11.5 Å². The second-order valence-electron chi connectivity index (χ2n) is 2.91. The molecule has 5 nitrogen and oxygen atoms in total. The average molecular weight is 169 g/mol. The van der Waals surface area contributed by atoms with Gasteiger partial charge in [0.2, 0.25) is 0 Å². The minimum Gasteiger partial charge on any atom is -0.476 e. The maximum absolute atomic E-state index is 10.4. The van der Waals surface area contributed by atoms with E-state index in [0.29, 0.717) is 12.8 Å². The van der Waals surface area contributed by atoms with Crippen LogP contribution < -0.4 is 0 Å². The van der Waals surface area contributed by atoms with Gasteiger partial charge in [-0.3, -0.25) is 0 Å². The molecular weight excluding hydrogens is 162 g/mol. The summed E-state index contributed by atoms with van der Waals surface area (Å²) in [5.74, 6) is -0.894. The number of nitrogens with zero attached hydrogens (tertiary/aromatic N) is 1. The van der Waals surface area contributed by atoms with Crippen LogP contribution >= 0.6 is 0 Å². The summed E-state index contributed by atoms with van der Waals surface area (Å²) in [6.07, 6.45) is 1.22. The van der Waals surface area contributed by atoms with E-state index in [1.54, 1.807) is 0 Å². The minimum absolute atomic E-state index is 0.162. The molecule has 0 saturated heterocycles. The molecule has 0 spiro atoms. The quantitative estimate of drug-likeness (QED) is 0.667. The highest BCUT2D eigenvalue weighted by atomic mass is 16.5. The van der Waals surface area contributed by atoms with Crippen LogP contribution in [0.3, 0.4) is 0 Å². The summed E-state index contributed by atoms with van der Waals surface area (Å²) in [5.41, 5.74) is -1.11. The van der Waals surface area contributed by atoms with Crippen molar-refractivity contribution < 1.29 is 19.5 Å². The first-order chi connectivity index (χ1) is 5.62. The number of aromatic nitrogens is 1. The van der Waals surface area contributed by atoms with Gasteiger partial charge in [-0.05, 0) is 12.8 Å². The number of carbonyl (C=O) groups is 1. The van der Waals surface area contributed by atoms with Crippen LogP contribution in [0.15, 0.2) is 10.6 Å². The summed E-state index contributed by atoms with van der Waals surface area (Å²) in [7, 11) is 0. The fourth-order valence-electron chi connectivity index (χ4n) is 0.960. The Bertz CT molecular complexity index is 326. The third-order valence-electron chi connectivity index (χ3n) is 1.91. The van der Waals surface area contributed by atoms with Gasteiger partial charge in [0.1, 0.15) is 5.60 Å². The van der Waals surface area contributed by atoms with Crippen molar-refractivity contribution in [3.05, 3.63) is 17.5 Å². The zero-order chi connectivity index (χ0) is 8.77. The molecule has 2 rings (SSSR count). The van der Waals surface area contributed by atoms with E-state index >= 15 is 0 Å². The highest BCUT2D eigenvalue weighted by Gasteiger charge is 2.46. The van der Waals surface area contributed by atoms with Gasteiger partial charge in [-0.25, -0.2) is 4.79 Å². The number of carboxylic acid groups (broad SMARTS) is 1. The van der Waals surface area contributed by atoms with Gasteiger partial charge in [0.25, 0.3) is 0 Å². The van der Waals surface area contributed by atoms with Gasteiger partial charge in [-0.2, -0.15) is 0 Å². The van der Waals surface area contributed by atoms with Crippen molar-refractivity contribution in [2.75, 3.05) is 0 Å². The Labute approximate surface area is 67.6 Å². The normalized spacial score (nSPS) is 19.1. The lowest BCUT2D eigenvalue weighted by Gasteiger charge is -1.97. The maximum Gasteiger partial charge on any atom is 0.358 e. The van der Waals surface area contributed by atoms with E-state index in [0.717, 1.165) is 0 Å². The third-order valence-corrected chi connectivity index (χ3v) is 1.91. The van der Waals surface area contributed by atoms with Crippen LogP contribution in [0.4, 0.5) is 0 Å². The summed E-state index contributed by atoms with van der Waals surface area (Å²) >= 11 is 0. The Morgan fingerprint density at radius 3 is 2.75 bits per heavy atom. The van der Waals surface area contributed by atoms with Crippen molar-refractivity contribution in [2.24, 2.45) is 0 Å². The highest BCUT2D eigenvalue weighted by molar-refractivity contribution is 5.85. The second kappa shape index (κ2) is 2.07. The van der Waals surface area contributed by atoms with Crippen molar-refractivity contribution >= 4 is 5.97 Å². The van der Waals surface area contributed by atoms with Crippen LogP contribution in [0.25, 0.3) is 0 Å². The SMILES string of the molecule is O=C(O)c1cc(C2(O)CC2)on1. The Morgan fingerprint density at radius 1 is 1.67 bits per heavy atom. The molecule has 0 aliphatic heterocycles. The van der Waals surface area contributed by atoms with Gasteiger partial charge < -0.3 is 14.7 Å².